The van der Waals surface area contributed by atoms with Crippen molar-refractivity contribution in [3.8, 4) is 11.1 Å². The lowest BCUT2D eigenvalue weighted by Gasteiger charge is -2.44. The van der Waals surface area contributed by atoms with Gasteiger partial charge in [-0.3, -0.25) is 0 Å². The predicted octanol–water partition coefficient (Wildman–Crippen LogP) is 9.87. The molecule has 1 heteroatoms. The molecule has 214 valence electrons. The van der Waals surface area contributed by atoms with E-state index in [0.717, 1.165) is 0 Å². The molecule has 4 aliphatic rings. The molecule has 5 aromatic carbocycles. The third-order valence-corrected chi connectivity index (χ3v) is 11.1. The number of ether oxygens (including phenoxy) is 1. The van der Waals surface area contributed by atoms with E-state index in [1.165, 1.54) is 72.4 Å². The summed E-state index contributed by atoms with van der Waals surface area (Å²) >= 11 is 0. The summed E-state index contributed by atoms with van der Waals surface area (Å²) in [7, 11) is 0. The maximum absolute atomic E-state index is 7.22. The summed E-state index contributed by atoms with van der Waals surface area (Å²) in [5.74, 6) is 0. The van der Waals surface area contributed by atoms with Crippen molar-refractivity contribution in [1.82, 2.24) is 0 Å². The van der Waals surface area contributed by atoms with Gasteiger partial charge in [-0.05, 0) is 84.5 Å². The predicted molar refractivity (Wildman–Crippen MR) is 181 cm³/mol. The van der Waals surface area contributed by atoms with Crippen LogP contribution < -0.4 is 0 Å². The molecule has 1 nitrogen and oxygen atoms in total. The van der Waals surface area contributed by atoms with E-state index in [1.807, 2.05) is 0 Å². The highest BCUT2D eigenvalue weighted by Gasteiger charge is 2.51. The molecule has 5 aromatic rings. The Balaban J connectivity index is 1.30. The van der Waals surface area contributed by atoms with E-state index in [4.69, 9.17) is 4.74 Å². The van der Waals surface area contributed by atoms with Gasteiger partial charge in [-0.25, -0.2) is 0 Å². The lowest BCUT2D eigenvalue weighted by molar-refractivity contribution is 0.0742. The molecule has 0 fully saturated rings. The molecule has 0 saturated heterocycles. The van der Waals surface area contributed by atoms with Crippen LogP contribution in [0.3, 0.4) is 0 Å². The highest BCUT2D eigenvalue weighted by Crippen LogP contribution is 2.61. The number of benzene rings is 5. The normalized spacial score (nSPS) is 20.9. The lowest BCUT2D eigenvalue weighted by atomic mass is 9.66. The molecule has 9 rings (SSSR count). The van der Waals surface area contributed by atoms with Crippen molar-refractivity contribution in [2.45, 2.75) is 50.0 Å². The minimum atomic E-state index is -0.371. The van der Waals surface area contributed by atoms with Crippen LogP contribution >= 0.6 is 0 Å². The molecular weight excluding hydrogens is 532 g/mol. The number of rotatable bonds is 2. The molecular formula is C43H36O. The van der Waals surface area contributed by atoms with E-state index in [2.05, 4.69) is 155 Å². The van der Waals surface area contributed by atoms with Gasteiger partial charge in [-0.2, -0.15) is 0 Å². The van der Waals surface area contributed by atoms with Crippen molar-refractivity contribution in [2.75, 3.05) is 6.61 Å². The fraction of sp³-hybridized carbons (Fsp3) is 0.209. The van der Waals surface area contributed by atoms with Gasteiger partial charge in [0.25, 0.3) is 0 Å². The molecule has 0 radical (unpaired) electrons. The Morgan fingerprint density at radius 2 is 1.07 bits per heavy atom. The standard InChI is InChI=1S/C43H36O/c1-41(2)35-22-14-13-20-30(35)32-23-37-33(24-36(32)41)38-31-21-12-11-19-29(31)34-25-43(27-15-7-5-8-16-27,28-17-9-6-10-18-28)26-44-40(34)39(38)42(37,3)4/h5-25,40H,26H2,1-4H3. The third kappa shape index (κ3) is 3.23. The Bertz CT molecular complexity index is 2020. The fourth-order valence-electron chi connectivity index (χ4n) is 8.89. The second-order valence-electron chi connectivity index (χ2n) is 14.1. The van der Waals surface area contributed by atoms with E-state index in [0.29, 0.717) is 6.61 Å². The summed E-state index contributed by atoms with van der Waals surface area (Å²) in [6, 6.07) is 44.9. The van der Waals surface area contributed by atoms with Gasteiger partial charge >= 0.3 is 0 Å². The van der Waals surface area contributed by atoms with Crippen molar-refractivity contribution in [1.29, 1.82) is 0 Å². The quantitative estimate of drug-likeness (QED) is 0.206. The van der Waals surface area contributed by atoms with Crippen LogP contribution in [0.25, 0.3) is 22.3 Å². The molecule has 3 aliphatic carbocycles. The zero-order valence-electron chi connectivity index (χ0n) is 25.8. The van der Waals surface area contributed by atoms with Crippen molar-refractivity contribution < 1.29 is 4.74 Å². The van der Waals surface area contributed by atoms with Gasteiger partial charge in [0.2, 0.25) is 0 Å². The third-order valence-electron chi connectivity index (χ3n) is 11.1. The van der Waals surface area contributed by atoms with Crippen LogP contribution in [-0.2, 0) is 21.0 Å². The Kier molecular flexibility index (Phi) is 5.20. The van der Waals surface area contributed by atoms with Crippen molar-refractivity contribution >= 4 is 11.1 Å². The Labute approximate surface area is 260 Å². The molecule has 0 saturated carbocycles. The summed E-state index contributed by atoms with van der Waals surface area (Å²) in [6.45, 7) is 10.2. The van der Waals surface area contributed by atoms with Crippen LogP contribution in [0.1, 0.15) is 72.2 Å². The van der Waals surface area contributed by atoms with E-state index in [-0.39, 0.29) is 22.3 Å². The number of hydrogen-bond acceptors (Lipinski definition) is 1. The molecule has 0 aromatic heterocycles. The second-order valence-corrected chi connectivity index (χ2v) is 14.1. The molecule has 0 spiro atoms. The first-order chi connectivity index (χ1) is 21.3. The summed E-state index contributed by atoms with van der Waals surface area (Å²) in [5.41, 5.74) is 17.0. The van der Waals surface area contributed by atoms with Gasteiger partial charge in [0.1, 0.15) is 6.10 Å². The summed E-state index contributed by atoms with van der Waals surface area (Å²) < 4.78 is 7.22. The van der Waals surface area contributed by atoms with E-state index >= 15 is 0 Å². The average Bonchev–Trinajstić information content (AvgIpc) is 3.44. The maximum atomic E-state index is 7.22. The van der Waals surface area contributed by atoms with Crippen molar-refractivity contribution in [2.24, 2.45) is 0 Å². The highest BCUT2D eigenvalue weighted by atomic mass is 16.5. The molecule has 0 amide bonds. The van der Waals surface area contributed by atoms with E-state index < -0.39 is 0 Å². The topological polar surface area (TPSA) is 9.23 Å². The van der Waals surface area contributed by atoms with Crippen molar-refractivity contribution in [3.05, 3.63) is 177 Å². The molecule has 1 atom stereocenters. The van der Waals surface area contributed by atoms with Gasteiger partial charge in [0.05, 0.1) is 12.0 Å². The average molecular weight is 569 g/mol. The van der Waals surface area contributed by atoms with Crippen LogP contribution in [0.2, 0.25) is 0 Å². The Morgan fingerprint density at radius 3 is 1.75 bits per heavy atom. The maximum Gasteiger partial charge on any atom is 0.106 e. The highest BCUT2D eigenvalue weighted by molar-refractivity contribution is 6.02. The first-order valence-electron chi connectivity index (χ1n) is 15.9. The van der Waals surface area contributed by atoms with E-state index in [9.17, 15) is 0 Å². The Morgan fingerprint density at radius 1 is 0.523 bits per heavy atom. The van der Waals surface area contributed by atoms with Crippen LogP contribution in [0.15, 0.2) is 133 Å². The smallest absolute Gasteiger partial charge is 0.106 e. The largest absolute Gasteiger partial charge is 0.367 e. The van der Waals surface area contributed by atoms with Gasteiger partial charge in [-0.1, -0.05) is 143 Å². The lowest BCUT2D eigenvalue weighted by Crippen LogP contribution is -2.42. The number of hydrogen-bond donors (Lipinski definition) is 0. The first-order valence-corrected chi connectivity index (χ1v) is 15.9. The molecule has 44 heavy (non-hydrogen) atoms. The van der Waals surface area contributed by atoms with Crippen LogP contribution in [-0.4, -0.2) is 12.7 Å². The van der Waals surface area contributed by atoms with Crippen LogP contribution in [0.4, 0.5) is 0 Å². The minimum absolute atomic E-state index is 0.0417. The summed E-state index contributed by atoms with van der Waals surface area (Å²) in [4.78, 5) is 0. The molecule has 1 aliphatic heterocycles. The molecule has 0 N–H and O–H groups in total. The molecule has 1 heterocycles. The zero-order valence-corrected chi connectivity index (χ0v) is 25.8. The van der Waals surface area contributed by atoms with Crippen LogP contribution in [0.5, 0.6) is 0 Å². The van der Waals surface area contributed by atoms with Crippen LogP contribution in [0, 0.1) is 0 Å². The summed E-state index contributed by atoms with van der Waals surface area (Å²) in [5, 5.41) is 0. The fourth-order valence-corrected chi connectivity index (χ4v) is 8.89. The van der Waals surface area contributed by atoms with Gasteiger partial charge in [0.15, 0.2) is 0 Å². The molecule has 1 unspecified atom stereocenters. The number of fused-ring (bicyclic) bond motifs is 10. The first kappa shape index (κ1) is 26.0. The minimum Gasteiger partial charge on any atom is -0.367 e. The SMILES string of the molecule is CC1(C)C2=C(c3ccccc3C3=CC(c4ccccc4)(c4ccccc4)COC32)c2cc3c(cc21)-c1ccccc1C3(C)C. The van der Waals surface area contributed by atoms with Gasteiger partial charge in [0, 0.05) is 10.8 Å². The van der Waals surface area contributed by atoms with Gasteiger partial charge < -0.3 is 4.74 Å². The molecule has 0 bridgehead atoms. The van der Waals surface area contributed by atoms with Crippen molar-refractivity contribution in [3.63, 3.8) is 0 Å². The van der Waals surface area contributed by atoms with E-state index in [1.54, 1.807) is 0 Å². The van der Waals surface area contributed by atoms with Gasteiger partial charge in [-0.15, -0.1) is 0 Å². The monoisotopic (exact) mass is 568 g/mol. The summed E-state index contributed by atoms with van der Waals surface area (Å²) in [6.07, 6.45) is 2.45. The zero-order chi connectivity index (χ0) is 29.8. The second kappa shape index (κ2) is 8.80. The Hall–Kier alpha value is -4.46.